The number of amides is 3. The van der Waals surface area contributed by atoms with Crippen molar-refractivity contribution in [2.45, 2.75) is 37.8 Å². The fourth-order valence-corrected chi connectivity index (χ4v) is 1.63. The van der Waals surface area contributed by atoms with Crippen molar-refractivity contribution in [3.63, 3.8) is 0 Å². The van der Waals surface area contributed by atoms with Crippen LogP contribution in [0.15, 0.2) is 0 Å². The summed E-state index contributed by atoms with van der Waals surface area (Å²) in [5.41, 5.74) is 4.91. The molecule has 0 aromatic rings. The lowest BCUT2D eigenvalue weighted by Gasteiger charge is -2.16. The third-order valence-corrected chi connectivity index (χ3v) is 2.61. The second kappa shape index (κ2) is 5.99. The highest BCUT2D eigenvalue weighted by Gasteiger charge is 2.30. The van der Waals surface area contributed by atoms with E-state index in [2.05, 4.69) is 10.6 Å². The van der Waals surface area contributed by atoms with E-state index in [4.69, 9.17) is 10.8 Å². The van der Waals surface area contributed by atoms with E-state index in [1.165, 1.54) is 0 Å². The molecule has 1 rings (SSSR count). The van der Waals surface area contributed by atoms with Gasteiger partial charge in [-0.2, -0.15) is 0 Å². The van der Waals surface area contributed by atoms with E-state index in [1.54, 1.807) is 0 Å². The standard InChI is InChI=1S/C10H15N3O5/c11-7(14)3-1-6(10(17)18)13-9(16)5-2-4-8(15)12-5/h5-6H,1-4H2,(H2,11,14)(H,12,15)(H,13,16)(H,17,18)/t5-,6-/m0/s1. The quantitative estimate of drug-likeness (QED) is 0.440. The molecule has 8 heteroatoms. The molecule has 0 aromatic carbocycles. The molecule has 8 nitrogen and oxygen atoms in total. The number of primary amides is 1. The van der Waals surface area contributed by atoms with Crippen molar-refractivity contribution in [2.24, 2.45) is 5.73 Å². The highest BCUT2D eigenvalue weighted by molar-refractivity contribution is 5.92. The van der Waals surface area contributed by atoms with Crippen LogP contribution in [0.25, 0.3) is 0 Å². The lowest BCUT2D eigenvalue weighted by atomic mass is 10.1. The lowest BCUT2D eigenvalue weighted by Crippen LogP contribution is -2.49. The van der Waals surface area contributed by atoms with E-state index in [1.807, 2.05) is 0 Å². The summed E-state index contributed by atoms with van der Waals surface area (Å²) in [7, 11) is 0. The number of hydrogen-bond donors (Lipinski definition) is 4. The molecule has 0 saturated carbocycles. The number of nitrogens with two attached hydrogens (primary N) is 1. The van der Waals surface area contributed by atoms with Crippen LogP contribution < -0.4 is 16.4 Å². The van der Waals surface area contributed by atoms with Crippen molar-refractivity contribution in [1.82, 2.24) is 10.6 Å². The molecule has 0 unspecified atom stereocenters. The molecule has 100 valence electrons. The van der Waals surface area contributed by atoms with Gasteiger partial charge < -0.3 is 21.5 Å². The third-order valence-electron chi connectivity index (χ3n) is 2.61. The van der Waals surface area contributed by atoms with E-state index in [0.29, 0.717) is 6.42 Å². The van der Waals surface area contributed by atoms with Crippen LogP contribution in [0.1, 0.15) is 25.7 Å². The molecular weight excluding hydrogens is 242 g/mol. The minimum absolute atomic E-state index is 0.0723. The molecule has 0 spiro atoms. The smallest absolute Gasteiger partial charge is 0.326 e. The molecular formula is C10H15N3O5. The maximum atomic E-state index is 11.6. The number of carboxylic acid groups (broad SMARTS) is 1. The highest BCUT2D eigenvalue weighted by atomic mass is 16.4. The highest BCUT2D eigenvalue weighted by Crippen LogP contribution is 2.07. The van der Waals surface area contributed by atoms with Crippen LogP contribution in [0.5, 0.6) is 0 Å². The summed E-state index contributed by atoms with van der Waals surface area (Å²) >= 11 is 0. The summed E-state index contributed by atoms with van der Waals surface area (Å²) in [6, 6.07) is -1.88. The average Bonchev–Trinajstić information content (AvgIpc) is 2.70. The van der Waals surface area contributed by atoms with Gasteiger partial charge in [0.1, 0.15) is 12.1 Å². The Balaban J connectivity index is 2.49. The van der Waals surface area contributed by atoms with Gasteiger partial charge in [0.05, 0.1) is 0 Å². The summed E-state index contributed by atoms with van der Waals surface area (Å²) in [4.78, 5) is 44.0. The first-order chi connectivity index (χ1) is 8.40. The molecule has 0 aromatic heterocycles. The van der Waals surface area contributed by atoms with Crippen LogP contribution in [0.4, 0.5) is 0 Å². The summed E-state index contributed by atoms with van der Waals surface area (Å²) in [5, 5.41) is 13.6. The van der Waals surface area contributed by atoms with Gasteiger partial charge in [0.2, 0.25) is 17.7 Å². The minimum Gasteiger partial charge on any atom is -0.480 e. The van der Waals surface area contributed by atoms with Gasteiger partial charge in [-0.1, -0.05) is 0 Å². The molecule has 1 heterocycles. The predicted octanol–water partition coefficient (Wildman–Crippen LogP) is -1.90. The Labute approximate surface area is 103 Å². The molecule has 2 atom stereocenters. The molecule has 3 amide bonds. The molecule has 0 bridgehead atoms. The molecule has 18 heavy (non-hydrogen) atoms. The van der Waals surface area contributed by atoms with Crippen LogP contribution in [0.2, 0.25) is 0 Å². The Hall–Kier alpha value is -2.12. The van der Waals surface area contributed by atoms with E-state index in [-0.39, 0.29) is 25.2 Å². The summed E-state index contributed by atoms with van der Waals surface area (Å²) in [6.07, 6.45) is 0.384. The van der Waals surface area contributed by atoms with Crippen molar-refractivity contribution >= 4 is 23.7 Å². The van der Waals surface area contributed by atoms with Gasteiger partial charge in [0, 0.05) is 12.8 Å². The van der Waals surface area contributed by atoms with E-state index < -0.39 is 29.9 Å². The van der Waals surface area contributed by atoms with Crippen LogP contribution >= 0.6 is 0 Å². The molecule has 1 aliphatic rings. The second-order valence-corrected chi connectivity index (χ2v) is 4.06. The van der Waals surface area contributed by atoms with Crippen LogP contribution in [-0.2, 0) is 19.2 Å². The number of nitrogens with one attached hydrogen (secondary N) is 2. The topological polar surface area (TPSA) is 139 Å². The van der Waals surface area contributed by atoms with Crippen molar-refractivity contribution in [3.8, 4) is 0 Å². The second-order valence-electron chi connectivity index (χ2n) is 4.06. The van der Waals surface area contributed by atoms with Gasteiger partial charge in [0.25, 0.3) is 0 Å². The molecule has 1 saturated heterocycles. The maximum Gasteiger partial charge on any atom is 0.326 e. The van der Waals surface area contributed by atoms with Gasteiger partial charge in [-0.15, -0.1) is 0 Å². The van der Waals surface area contributed by atoms with Gasteiger partial charge >= 0.3 is 5.97 Å². The van der Waals surface area contributed by atoms with Gasteiger partial charge in [0.15, 0.2) is 0 Å². The summed E-state index contributed by atoms with van der Waals surface area (Å²) < 4.78 is 0. The first-order valence-corrected chi connectivity index (χ1v) is 5.51. The van der Waals surface area contributed by atoms with Crippen molar-refractivity contribution in [3.05, 3.63) is 0 Å². The fraction of sp³-hybridized carbons (Fsp3) is 0.600. The number of rotatable bonds is 6. The number of aliphatic carboxylic acids is 1. The van der Waals surface area contributed by atoms with E-state index >= 15 is 0 Å². The van der Waals surface area contributed by atoms with Gasteiger partial charge in [-0.05, 0) is 12.8 Å². The van der Waals surface area contributed by atoms with E-state index in [0.717, 1.165) is 0 Å². The first-order valence-electron chi connectivity index (χ1n) is 5.51. The number of carboxylic acids is 1. The molecule has 1 aliphatic heterocycles. The van der Waals surface area contributed by atoms with Crippen LogP contribution in [0.3, 0.4) is 0 Å². The zero-order chi connectivity index (χ0) is 13.7. The van der Waals surface area contributed by atoms with Crippen LogP contribution in [0, 0.1) is 0 Å². The number of carbonyl (C=O) groups is 4. The zero-order valence-corrected chi connectivity index (χ0v) is 9.64. The monoisotopic (exact) mass is 257 g/mol. The first kappa shape index (κ1) is 13.9. The Kier molecular flexibility index (Phi) is 4.64. The van der Waals surface area contributed by atoms with Crippen molar-refractivity contribution < 1.29 is 24.3 Å². The largest absolute Gasteiger partial charge is 0.480 e. The molecule has 1 fully saturated rings. The minimum atomic E-state index is -1.24. The Bertz CT molecular complexity index is 382. The Morgan fingerprint density at radius 3 is 2.61 bits per heavy atom. The molecule has 0 aliphatic carbocycles. The summed E-state index contributed by atoms with van der Waals surface area (Å²) in [5.74, 6) is -2.67. The fourth-order valence-electron chi connectivity index (χ4n) is 1.63. The normalized spacial score (nSPS) is 20.0. The zero-order valence-electron chi connectivity index (χ0n) is 9.64. The Morgan fingerprint density at radius 1 is 1.50 bits per heavy atom. The van der Waals surface area contributed by atoms with Crippen molar-refractivity contribution in [1.29, 1.82) is 0 Å². The van der Waals surface area contributed by atoms with E-state index in [9.17, 15) is 19.2 Å². The summed E-state index contributed by atoms with van der Waals surface area (Å²) in [6.45, 7) is 0. The Morgan fingerprint density at radius 2 is 2.17 bits per heavy atom. The number of carbonyl (C=O) groups excluding carboxylic acids is 3. The molecule has 5 N–H and O–H groups in total. The maximum absolute atomic E-state index is 11.6. The van der Waals surface area contributed by atoms with Crippen molar-refractivity contribution in [2.75, 3.05) is 0 Å². The average molecular weight is 257 g/mol. The third kappa shape index (κ3) is 4.04. The van der Waals surface area contributed by atoms with Crippen LogP contribution in [-0.4, -0.2) is 40.9 Å². The van der Waals surface area contributed by atoms with Gasteiger partial charge in [-0.25, -0.2) is 4.79 Å². The van der Waals surface area contributed by atoms with Gasteiger partial charge in [-0.3, -0.25) is 14.4 Å². The SMILES string of the molecule is NC(=O)CC[C@H](NC(=O)[C@@H]1CCC(=O)N1)C(=O)O. The predicted molar refractivity (Wildman–Crippen MR) is 59.2 cm³/mol. The lowest BCUT2D eigenvalue weighted by molar-refractivity contribution is -0.142. The molecule has 0 radical (unpaired) electrons. The number of hydrogen-bond acceptors (Lipinski definition) is 4.